The summed E-state index contributed by atoms with van der Waals surface area (Å²) in [6, 6.07) is 6.12. The minimum atomic E-state index is -5.80. The van der Waals surface area contributed by atoms with Crippen LogP contribution in [0.5, 0.6) is 5.75 Å². The number of rotatable bonds is 5. The molecule has 5 fully saturated rings. The topological polar surface area (TPSA) is 35.9 Å². The van der Waals surface area contributed by atoms with Crippen molar-refractivity contribution in [2.75, 3.05) is 33.3 Å². The molecule has 210 valence electrons. The van der Waals surface area contributed by atoms with Crippen molar-refractivity contribution in [2.45, 2.75) is 80.4 Å². The second kappa shape index (κ2) is 7.81. The van der Waals surface area contributed by atoms with Gasteiger partial charge in [0, 0.05) is 37.1 Å². The number of benzene rings is 1. The lowest BCUT2D eigenvalue weighted by atomic mass is 9.43. The number of piperidine rings is 1. The third-order valence-corrected chi connectivity index (χ3v) is 11.5. The summed E-state index contributed by atoms with van der Waals surface area (Å²) in [5.74, 6) is 1.46. The summed E-state index contributed by atoms with van der Waals surface area (Å²) in [7, 11) is 1.62. The number of ether oxygens (including phenoxy) is 1. The van der Waals surface area contributed by atoms with Crippen LogP contribution in [0.1, 0.15) is 49.7 Å². The van der Waals surface area contributed by atoms with Gasteiger partial charge in [0.1, 0.15) is 5.75 Å². The SMILES string of the molecule is COc1ccc2c(c1)[C@]13CCN(CC4CC4)[C@H](C2)[C@]12CCC1C3[C@@H](CN1CC(O)(C(F)(F)F)C(F)(F)F)C2. The molecule has 3 saturated carbocycles. The third kappa shape index (κ3) is 3.11. The van der Waals surface area contributed by atoms with E-state index >= 15 is 0 Å². The van der Waals surface area contributed by atoms with Crippen LogP contribution in [0, 0.1) is 23.2 Å². The van der Waals surface area contributed by atoms with Gasteiger partial charge in [-0.15, -0.1) is 0 Å². The lowest BCUT2D eigenvalue weighted by molar-refractivity contribution is -0.371. The van der Waals surface area contributed by atoms with Crippen LogP contribution in [0.2, 0.25) is 0 Å². The Balaban J connectivity index is 1.31. The number of β-amino-alcohol motifs (C(OH)–C–C–N with tert-alkyl or cyclic N) is 1. The number of fused-ring (bicyclic) bond motifs is 1. The molecule has 6 atom stereocenters. The van der Waals surface area contributed by atoms with Crippen molar-refractivity contribution in [2.24, 2.45) is 23.2 Å². The Morgan fingerprint density at radius 2 is 1.76 bits per heavy atom. The van der Waals surface area contributed by atoms with Gasteiger partial charge in [-0.2, -0.15) is 26.3 Å². The van der Waals surface area contributed by atoms with Crippen molar-refractivity contribution < 1.29 is 36.2 Å². The van der Waals surface area contributed by atoms with Crippen molar-refractivity contribution >= 4 is 0 Å². The fourth-order valence-corrected chi connectivity index (χ4v) is 9.99. The van der Waals surface area contributed by atoms with Gasteiger partial charge in [0.15, 0.2) is 0 Å². The molecule has 4 bridgehead atoms. The molecule has 38 heavy (non-hydrogen) atoms. The standard InChI is InChI=1S/C28H34F6N2O2/c1-38-19-5-4-17-10-22-24-7-6-21-23(25(24,20(17)11-19)8-9-35(22)13-16-2-3-16)18(12-24)14-36(21)15-26(37,27(29,30)31)28(32,33)34/h4-5,11,16,18,21-23,37H,2-3,6-10,12-15H2,1H3/t18-,21?,22-,23?,24-,25+/m1/s1. The molecule has 2 aliphatic heterocycles. The third-order valence-electron chi connectivity index (χ3n) is 11.5. The highest BCUT2D eigenvalue weighted by Crippen LogP contribution is 2.75. The summed E-state index contributed by atoms with van der Waals surface area (Å²) in [6.45, 7) is 0.707. The molecule has 4 aliphatic carbocycles. The molecule has 1 N–H and O–H groups in total. The first-order valence-electron chi connectivity index (χ1n) is 13.9. The molecule has 2 saturated heterocycles. The van der Waals surface area contributed by atoms with Crippen molar-refractivity contribution in [3.63, 3.8) is 0 Å². The fourth-order valence-electron chi connectivity index (χ4n) is 9.99. The molecule has 0 amide bonds. The first-order valence-corrected chi connectivity index (χ1v) is 13.9. The lowest BCUT2D eigenvalue weighted by Gasteiger charge is -2.66. The van der Waals surface area contributed by atoms with Gasteiger partial charge < -0.3 is 9.84 Å². The first kappa shape index (κ1) is 25.4. The Labute approximate surface area is 218 Å². The van der Waals surface area contributed by atoms with Crippen LogP contribution in [0.3, 0.4) is 0 Å². The van der Waals surface area contributed by atoms with Crippen LogP contribution < -0.4 is 4.74 Å². The fraction of sp³-hybridized carbons (Fsp3) is 0.786. The van der Waals surface area contributed by atoms with E-state index in [-0.39, 0.29) is 29.2 Å². The normalized spacial score (nSPS) is 38.7. The zero-order chi connectivity index (χ0) is 26.9. The van der Waals surface area contributed by atoms with E-state index in [1.807, 2.05) is 6.07 Å². The maximum atomic E-state index is 13.7. The van der Waals surface area contributed by atoms with E-state index in [9.17, 15) is 31.4 Å². The van der Waals surface area contributed by atoms with Crippen molar-refractivity contribution in [1.82, 2.24) is 9.80 Å². The minimum Gasteiger partial charge on any atom is -0.497 e. The average Bonchev–Trinajstić information content (AvgIpc) is 3.55. The molecule has 2 heterocycles. The molecule has 0 aromatic heterocycles. The number of halogens is 6. The van der Waals surface area contributed by atoms with Crippen LogP contribution in [-0.2, 0) is 11.8 Å². The Bertz CT molecular complexity index is 1120. The molecule has 7 rings (SSSR count). The summed E-state index contributed by atoms with van der Waals surface area (Å²) in [6.07, 6.45) is -5.09. The van der Waals surface area contributed by atoms with E-state index in [0.717, 1.165) is 50.4 Å². The maximum Gasteiger partial charge on any atom is 0.427 e. The Hall–Kier alpha value is -1.52. The lowest BCUT2D eigenvalue weighted by Crippen LogP contribution is -2.70. The van der Waals surface area contributed by atoms with Crippen LogP contribution in [0.25, 0.3) is 0 Å². The quantitative estimate of drug-likeness (QED) is 0.534. The van der Waals surface area contributed by atoms with Gasteiger partial charge >= 0.3 is 12.4 Å². The summed E-state index contributed by atoms with van der Waals surface area (Å²) >= 11 is 0. The zero-order valence-corrected chi connectivity index (χ0v) is 21.4. The Morgan fingerprint density at radius 1 is 1.03 bits per heavy atom. The van der Waals surface area contributed by atoms with E-state index in [1.54, 1.807) is 7.11 Å². The number of hydrogen-bond acceptors (Lipinski definition) is 4. The van der Waals surface area contributed by atoms with Gasteiger partial charge in [0.05, 0.1) is 7.11 Å². The van der Waals surface area contributed by atoms with Gasteiger partial charge in [-0.05, 0) is 97.9 Å². The predicted octanol–water partition coefficient (Wildman–Crippen LogP) is 4.93. The number of alkyl halides is 6. The smallest absolute Gasteiger partial charge is 0.427 e. The van der Waals surface area contributed by atoms with E-state index in [1.165, 1.54) is 28.9 Å². The number of likely N-dealkylation sites (tertiary alicyclic amines) is 2. The monoisotopic (exact) mass is 544 g/mol. The van der Waals surface area contributed by atoms with Crippen molar-refractivity contribution in [1.29, 1.82) is 0 Å². The number of hydrogen-bond donors (Lipinski definition) is 1. The second-order valence-electron chi connectivity index (χ2n) is 12.9. The summed E-state index contributed by atoms with van der Waals surface area (Å²) in [5.41, 5.74) is -2.61. The molecular formula is C28H34F6N2O2. The van der Waals surface area contributed by atoms with E-state index < -0.39 is 30.5 Å². The van der Waals surface area contributed by atoms with Gasteiger partial charge in [-0.3, -0.25) is 9.80 Å². The van der Waals surface area contributed by atoms with Crippen LogP contribution in [0.4, 0.5) is 26.3 Å². The molecule has 1 aromatic rings. The number of nitrogens with zero attached hydrogens (tertiary/aromatic N) is 2. The Kier molecular flexibility index (Phi) is 5.23. The highest BCUT2D eigenvalue weighted by molar-refractivity contribution is 5.51. The second-order valence-corrected chi connectivity index (χ2v) is 12.9. The first-order chi connectivity index (χ1) is 17.8. The highest BCUT2D eigenvalue weighted by atomic mass is 19.4. The van der Waals surface area contributed by atoms with E-state index in [0.29, 0.717) is 12.5 Å². The van der Waals surface area contributed by atoms with E-state index in [2.05, 4.69) is 17.0 Å². The van der Waals surface area contributed by atoms with Gasteiger partial charge in [0.25, 0.3) is 5.60 Å². The zero-order valence-electron chi connectivity index (χ0n) is 21.4. The van der Waals surface area contributed by atoms with Crippen LogP contribution in [0.15, 0.2) is 18.2 Å². The van der Waals surface area contributed by atoms with Crippen LogP contribution >= 0.6 is 0 Å². The average molecular weight is 545 g/mol. The minimum absolute atomic E-state index is 0.00810. The summed E-state index contributed by atoms with van der Waals surface area (Å²) < 4.78 is 87.6. The maximum absolute atomic E-state index is 13.7. The number of aliphatic hydroxyl groups is 1. The molecule has 10 heteroatoms. The molecular weight excluding hydrogens is 510 g/mol. The molecule has 2 unspecified atom stereocenters. The van der Waals surface area contributed by atoms with Crippen LogP contribution in [-0.4, -0.2) is 78.2 Å². The van der Waals surface area contributed by atoms with E-state index in [4.69, 9.17) is 4.74 Å². The van der Waals surface area contributed by atoms with Gasteiger partial charge in [-0.1, -0.05) is 6.07 Å². The largest absolute Gasteiger partial charge is 0.497 e. The van der Waals surface area contributed by atoms with Gasteiger partial charge in [-0.25, -0.2) is 0 Å². The molecule has 1 aromatic carbocycles. The van der Waals surface area contributed by atoms with Gasteiger partial charge in [0.2, 0.25) is 0 Å². The van der Waals surface area contributed by atoms with Crippen molar-refractivity contribution in [3.05, 3.63) is 29.3 Å². The summed E-state index contributed by atoms with van der Waals surface area (Å²) in [5, 5.41) is 10.1. The summed E-state index contributed by atoms with van der Waals surface area (Å²) in [4.78, 5) is 4.02. The molecule has 6 aliphatic rings. The molecule has 0 radical (unpaired) electrons. The number of methoxy groups -OCH3 is 1. The Morgan fingerprint density at radius 3 is 2.42 bits per heavy atom. The predicted molar refractivity (Wildman–Crippen MR) is 127 cm³/mol. The molecule has 4 nitrogen and oxygen atoms in total. The molecule has 0 spiro atoms. The van der Waals surface area contributed by atoms with Crippen molar-refractivity contribution in [3.8, 4) is 5.75 Å². The highest BCUT2D eigenvalue weighted by Gasteiger charge is 2.78.